The minimum atomic E-state index is 0.147. The number of ether oxygens (including phenoxy) is 1. The fraction of sp³-hybridized carbons (Fsp3) is 0.647. The number of aryl methyl sites for hydroxylation is 2. The Balaban J connectivity index is 2.66. The van der Waals surface area contributed by atoms with Crippen LogP contribution in [0.2, 0.25) is 0 Å². The van der Waals surface area contributed by atoms with Crippen molar-refractivity contribution in [2.75, 3.05) is 18.1 Å². The highest BCUT2D eigenvalue weighted by atomic mass is 32.2. The molecule has 0 heterocycles. The van der Waals surface area contributed by atoms with E-state index in [1.807, 2.05) is 11.8 Å². The third kappa shape index (κ3) is 6.19. The molecule has 0 unspecified atom stereocenters. The Kier molecular flexibility index (Phi) is 6.90. The minimum Gasteiger partial charge on any atom is -0.492 e. The van der Waals surface area contributed by atoms with Crippen LogP contribution in [0.4, 0.5) is 0 Å². The van der Waals surface area contributed by atoms with Gasteiger partial charge in [-0.1, -0.05) is 19.1 Å². The van der Waals surface area contributed by atoms with Gasteiger partial charge in [0.05, 0.1) is 6.61 Å². The zero-order chi connectivity index (χ0) is 15.2. The van der Waals surface area contributed by atoms with Crippen LogP contribution in [0, 0.1) is 13.8 Å². The van der Waals surface area contributed by atoms with Crippen molar-refractivity contribution in [3.05, 3.63) is 28.8 Å². The summed E-state index contributed by atoms with van der Waals surface area (Å²) in [5, 5.41) is 3.53. The number of hydrogen-bond acceptors (Lipinski definition) is 3. The van der Waals surface area contributed by atoms with Gasteiger partial charge in [0, 0.05) is 17.8 Å². The molecule has 3 heteroatoms. The van der Waals surface area contributed by atoms with Gasteiger partial charge in [-0.3, -0.25) is 0 Å². The van der Waals surface area contributed by atoms with E-state index in [0.717, 1.165) is 30.4 Å². The highest BCUT2D eigenvalue weighted by Gasteiger charge is 2.11. The second kappa shape index (κ2) is 7.94. The fourth-order valence-electron chi connectivity index (χ4n) is 2.08. The lowest BCUT2D eigenvalue weighted by molar-refractivity contribution is 0.339. The zero-order valence-corrected chi connectivity index (χ0v) is 14.6. The number of rotatable bonds is 7. The van der Waals surface area contributed by atoms with Gasteiger partial charge in [-0.15, -0.1) is 0 Å². The smallest absolute Gasteiger partial charge is 0.125 e. The van der Waals surface area contributed by atoms with Crippen molar-refractivity contribution in [1.29, 1.82) is 0 Å². The Bertz CT molecular complexity index is 400. The van der Waals surface area contributed by atoms with Crippen LogP contribution in [-0.2, 0) is 6.54 Å². The topological polar surface area (TPSA) is 21.3 Å². The predicted octanol–water partition coefficient (Wildman–Crippen LogP) is 4.32. The van der Waals surface area contributed by atoms with Gasteiger partial charge in [0.15, 0.2) is 0 Å². The van der Waals surface area contributed by atoms with E-state index in [4.69, 9.17) is 4.74 Å². The van der Waals surface area contributed by atoms with Crippen LogP contribution in [0.15, 0.2) is 12.1 Å². The highest BCUT2D eigenvalue weighted by Crippen LogP contribution is 2.25. The molecule has 0 radical (unpaired) electrons. The molecule has 0 saturated carbocycles. The average Bonchev–Trinajstić information content (AvgIpc) is 2.34. The highest BCUT2D eigenvalue weighted by molar-refractivity contribution is 7.99. The van der Waals surface area contributed by atoms with Crippen LogP contribution in [0.25, 0.3) is 0 Å². The first-order chi connectivity index (χ1) is 9.33. The van der Waals surface area contributed by atoms with E-state index in [9.17, 15) is 0 Å². The van der Waals surface area contributed by atoms with Gasteiger partial charge in [-0.2, -0.15) is 11.8 Å². The van der Waals surface area contributed by atoms with E-state index < -0.39 is 0 Å². The summed E-state index contributed by atoms with van der Waals surface area (Å²) < 4.78 is 5.93. The van der Waals surface area contributed by atoms with Crippen LogP contribution < -0.4 is 10.1 Å². The van der Waals surface area contributed by atoms with Gasteiger partial charge in [0.2, 0.25) is 0 Å². The first-order valence-electron chi connectivity index (χ1n) is 7.39. The fourth-order valence-corrected chi connectivity index (χ4v) is 2.57. The van der Waals surface area contributed by atoms with E-state index in [0.29, 0.717) is 0 Å². The lowest BCUT2D eigenvalue weighted by atomic mass is 10.0. The second-order valence-corrected chi connectivity index (χ2v) is 7.60. The molecule has 2 nitrogen and oxygen atoms in total. The molecule has 20 heavy (non-hydrogen) atoms. The molecular formula is C17H29NOS. The summed E-state index contributed by atoms with van der Waals surface area (Å²) in [5.74, 6) is 3.27. The molecule has 1 N–H and O–H groups in total. The van der Waals surface area contributed by atoms with Crippen molar-refractivity contribution in [3.8, 4) is 5.75 Å². The van der Waals surface area contributed by atoms with Crippen LogP contribution >= 0.6 is 11.8 Å². The molecule has 1 rings (SSSR count). The summed E-state index contributed by atoms with van der Waals surface area (Å²) >= 11 is 1.92. The van der Waals surface area contributed by atoms with E-state index >= 15 is 0 Å². The monoisotopic (exact) mass is 295 g/mol. The molecule has 114 valence electrons. The second-order valence-electron chi connectivity index (χ2n) is 6.21. The first-order valence-corrected chi connectivity index (χ1v) is 8.54. The Morgan fingerprint density at radius 3 is 2.25 bits per heavy atom. The molecule has 0 bridgehead atoms. The molecule has 1 aromatic carbocycles. The minimum absolute atomic E-state index is 0.147. The van der Waals surface area contributed by atoms with Crippen LogP contribution in [0.1, 0.15) is 44.4 Å². The summed E-state index contributed by atoms with van der Waals surface area (Å²) in [6, 6.07) is 4.46. The summed E-state index contributed by atoms with van der Waals surface area (Å²) in [6.45, 7) is 14.7. The molecule has 0 aliphatic heterocycles. The van der Waals surface area contributed by atoms with E-state index in [1.54, 1.807) is 0 Å². The van der Waals surface area contributed by atoms with Crippen molar-refractivity contribution in [2.24, 2.45) is 0 Å². The van der Waals surface area contributed by atoms with Crippen LogP contribution in [-0.4, -0.2) is 23.7 Å². The maximum Gasteiger partial charge on any atom is 0.125 e. The lowest BCUT2D eigenvalue weighted by Crippen LogP contribution is -2.35. The Morgan fingerprint density at radius 2 is 1.75 bits per heavy atom. The van der Waals surface area contributed by atoms with E-state index in [2.05, 4.69) is 59.0 Å². The third-order valence-electron chi connectivity index (χ3n) is 3.02. The van der Waals surface area contributed by atoms with Gasteiger partial charge >= 0.3 is 0 Å². The van der Waals surface area contributed by atoms with Crippen molar-refractivity contribution in [2.45, 2.75) is 53.6 Å². The Hall–Kier alpha value is -0.670. The summed E-state index contributed by atoms with van der Waals surface area (Å²) in [6.07, 6.45) is 0. The molecule has 0 aliphatic rings. The quantitative estimate of drug-likeness (QED) is 0.757. The van der Waals surface area contributed by atoms with Crippen molar-refractivity contribution >= 4 is 11.8 Å². The SMILES string of the molecule is CCSCCOc1c(C)cc(CNC(C)(C)C)cc1C. The molecule has 0 aliphatic carbocycles. The molecule has 1 aromatic rings. The van der Waals surface area contributed by atoms with Crippen LogP contribution in [0.5, 0.6) is 5.75 Å². The number of benzene rings is 1. The van der Waals surface area contributed by atoms with Gasteiger partial charge in [-0.25, -0.2) is 0 Å². The third-order valence-corrected chi connectivity index (χ3v) is 3.88. The van der Waals surface area contributed by atoms with E-state index in [-0.39, 0.29) is 5.54 Å². The molecule has 0 saturated heterocycles. The summed E-state index contributed by atoms with van der Waals surface area (Å²) in [4.78, 5) is 0. The van der Waals surface area contributed by atoms with E-state index in [1.165, 1.54) is 16.7 Å². The Labute approximate surface area is 128 Å². The van der Waals surface area contributed by atoms with Gasteiger partial charge in [0.1, 0.15) is 5.75 Å². The largest absolute Gasteiger partial charge is 0.492 e. The zero-order valence-electron chi connectivity index (χ0n) is 13.8. The molecule has 0 amide bonds. The van der Waals surface area contributed by atoms with Gasteiger partial charge in [0.25, 0.3) is 0 Å². The maximum atomic E-state index is 5.93. The average molecular weight is 295 g/mol. The summed E-state index contributed by atoms with van der Waals surface area (Å²) in [5.41, 5.74) is 3.94. The number of hydrogen-bond donors (Lipinski definition) is 1. The number of thioether (sulfide) groups is 1. The predicted molar refractivity (Wildman–Crippen MR) is 91.0 cm³/mol. The first kappa shape index (κ1) is 17.4. The maximum absolute atomic E-state index is 5.93. The Morgan fingerprint density at radius 1 is 1.15 bits per heavy atom. The normalized spacial score (nSPS) is 11.7. The van der Waals surface area contributed by atoms with Crippen LogP contribution in [0.3, 0.4) is 0 Å². The standard InChI is InChI=1S/C17H29NOS/c1-7-20-9-8-19-16-13(2)10-15(11-14(16)3)12-18-17(4,5)6/h10-11,18H,7-9,12H2,1-6H3. The van der Waals surface area contributed by atoms with Crippen molar-refractivity contribution < 1.29 is 4.74 Å². The molecular weight excluding hydrogens is 266 g/mol. The van der Waals surface area contributed by atoms with Gasteiger partial charge < -0.3 is 10.1 Å². The molecule has 0 spiro atoms. The number of nitrogens with one attached hydrogen (secondary N) is 1. The molecule has 0 aromatic heterocycles. The summed E-state index contributed by atoms with van der Waals surface area (Å²) in [7, 11) is 0. The van der Waals surface area contributed by atoms with Crippen molar-refractivity contribution in [1.82, 2.24) is 5.32 Å². The lowest BCUT2D eigenvalue weighted by Gasteiger charge is -2.21. The molecule has 0 atom stereocenters. The van der Waals surface area contributed by atoms with Crippen molar-refractivity contribution in [3.63, 3.8) is 0 Å². The molecule has 0 fully saturated rings. The van der Waals surface area contributed by atoms with Gasteiger partial charge in [-0.05, 0) is 57.1 Å².